The number of benzene rings is 2. The normalized spacial score (nSPS) is 11.5. The molecule has 0 aliphatic carbocycles. The highest BCUT2D eigenvalue weighted by Gasteiger charge is 2.31. The summed E-state index contributed by atoms with van der Waals surface area (Å²) in [5, 5.41) is 3.88. The smallest absolute Gasteiger partial charge is 0.406 e. The van der Waals surface area contributed by atoms with Crippen molar-refractivity contribution in [3.05, 3.63) is 54.1 Å². The molecule has 0 aliphatic heterocycles. The van der Waals surface area contributed by atoms with Gasteiger partial charge in [0.15, 0.2) is 0 Å². The van der Waals surface area contributed by atoms with Crippen molar-refractivity contribution >= 4 is 0 Å². The van der Waals surface area contributed by atoms with Crippen molar-refractivity contribution in [2.24, 2.45) is 0 Å². The van der Waals surface area contributed by atoms with Crippen LogP contribution in [0.25, 0.3) is 22.8 Å². The first-order valence-corrected chi connectivity index (χ1v) is 7.74. The van der Waals surface area contributed by atoms with Crippen molar-refractivity contribution in [3.8, 4) is 28.6 Å². The molecule has 0 radical (unpaired) electrons. The summed E-state index contributed by atoms with van der Waals surface area (Å²) in [7, 11) is 0. The monoisotopic (exact) mass is 348 g/mol. The molecule has 0 bridgehead atoms. The number of hydrogen-bond donors (Lipinski definition) is 0. The largest absolute Gasteiger partial charge is 0.573 e. The van der Waals surface area contributed by atoms with Gasteiger partial charge in [-0.15, -0.1) is 13.2 Å². The summed E-state index contributed by atoms with van der Waals surface area (Å²) in [6, 6.07) is 13.1. The van der Waals surface area contributed by atoms with Gasteiger partial charge in [-0.25, -0.2) is 0 Å². The summed E-state index contributed by atoms with van der Waals surface area (Å²) in [5.41, 5.74) is 2.55. The van der Waals surface area contributed by atoms with Crippen molar-refractivity contribution in [1.82, 2.24) is 10.1 Å². The van der Waals surface area contributed by atoms with Gasteiger partial charge >= 0.3 is 6.36 Å². The SMILES string of the molecule is CCCc1ccc(-c2nc(-c3ccc(OC(F)(F)F)cc3)no2)cc1. The Hall–Kier alpha value is -2.83. The average Bonchev–Trinajstić information content (AvgIpc) is 3.05. The number of halogens is 3. The van der Waals surface area contributed by atoms with Crippen molar-refractivity contribution < 1.29 is 22.4 Å². The molecule has 2 aromatic carbocycles. The van der Waals surface area contributed by atoms with Gasteiger partial charge in [-0.05, 0) is 48.4 Å². The fourth-order valence-corrected chi connectivity index (χ4v) is 2.37. The Morgan fingerprint density at radius 3 is 2.20 bits per heavy atom. The van der Waals surface area contributed by atoms with E-state index < -0.39 is 6.36 Å². The van der Waals surface area contributed by atoms with E-state index in [9.17, 15) is 13.2 Å². The van der Waals surface area contributed by atoms with Gasteiger partial charge in [0.2, 0.25) is 5.82 Å². The van der Waals surface area contributed by atoms with E-state index in [2.05, 4.69) is 21.8 Å². The van der Waals surface area contributed by atoms with Crippen LogP contribution in [-0.4, -0.2) is 16.5 Å². The summed E-state index contributed by atoms with van der Waals surface area (Å²) < 4.78 is 45.6. The van der Waals surface area contributed by atoms with Crippen LogP contribution in [0.4, 0.5) is 13.2 Å². The van der Waals surface area contributed by atoms with Gasteiger partial charge in [-0.1, -0.05) is 30.6 Å². The highest BCUT2D eigenvalue weighted by Crippen LogP contribution is 2.27. The first-order chi connectivity index (χ1) is 11.9. The highest BCUT2D eigenvalue weighted by atomic mass is 19.4. The molecule has 0 saturated heterocycles. The first-order valence-electron chi connectivity index (χ1n) is 7.74. The van der Waals surface area contributed by atoms with Crippen molar-refractivity contribution in [1.29, 1.82) is 0 Å². The number of hydrogen-bond acceptors (Lipinski definition) is 4. The number of nitrogens with zero attached hydrogens (tertiary/aromatic N) is 2. The number of alkyl halides is 3. The second-order valence-electron chi connectivity index (χ2n) is 5.44. The molecular weight excluding hydrogens is 333 g/mol. The summed E-state index contributed by atoms with van der Waals surface area (Å²) in [6.07, 6.45) is -2.65. The van der Waals surface area contributed by atoms with Gasteiger partial charge in [-0.3, -0.25) is 0 Å². The van der Waals surface area contributed by atoms with E-state index in [1.165, 1.54) is 29.8 Å². The molecule has 0 N–H and O–H groups in total. The van der Waals surface area contributed by atoms with Crippen LogP contribution in [0.5, 0.6) is 5.75 Å². The minimum Gasteiger partial charge on any atom is -0.406 e. The van der Waals surface area contributed by atoms with Gasteiger partial charge in [0.05, 0.1) is 0 Å². The maximum absolute atomic E-state index is 12.2. The van der Waals surface area contributed by atoms with Crippen LogP contribution >= 0.6 is 0 Å². The maximum Gasteiger partial charge on any atom is 0.573 e. The van der Waals surface area contributed by atoms with E-state index in [1.807, 2.05) is 24.3 Å². The van der Waals surface area contributed by atoms with E-state index in [1.54, 1.807) is 0 Å². The number of aryl methyl sites for hydroxylation is 1. The van der Waals surface area contributed by atoms with E-state index in [-0.39, 0.29) is 5.75 Å². The molecule has 3 rings (SSSR count). The van der Waals surface area contributed by atoms with E-state index in [0.29, 0.717) is 17.3 Å². The summed E-state index contributed by atoms with van der Waals surface area (Å²) in [5.74, 6) is 0.353. The molecule has 0 unspecified atom stereocenters. The lowest BCUT2D eigenvalue weighted by atomic mass is 10.1. The predicted octanol–water partition coefficient (Wildman–Crippen LogP) is 5.25. The number of rotatable bonds is 5. The minimum atomic E-state index is -4.72. The fourth-order valence-electron chi connectivity index (χ4n) is 2.37. The third-order valence-electron chi connectivity index (χ3n) is 3.51. The van der Waals surface area contributed by atoms with Gasteiger partial charge < -0.3 is 9.26 Å². The highest BCUT2D eigenvalue weighted by molar-refractivity contribution is 5.60. The van der Waals surface area contributed by atoms with Crippen LogP contribution in [-0.2, 0) is 6.42 Å². The first kappa shape index (κ1) is 17.0. The topological polar surface area (TPSA) is 48.2 Å². The lowest BCUT2D eigenvalue weighted by Gasteiger charge is -2.08. The molecule has 1 aromatic heterocycles. The van der Waals surface area contributed by atoms with Gasteiger partial charge in [-0.2, -0.15) is 4.98 Å². The second kappa shape index (κ2) is 6.96. The predicted molar refractivity (Wildman–Crippen MR) is 85.8 cm³/mol. The van der Waals surface area contributed by atoms with Crippen LogP contribution in [0.15, 0.2) is 53.1 Å². The Morgan fingerprint density at radius 2 is 1.60 bits per heavy atom. The molecule has 4 nitrogen and oxygen atoms in total. The quantitative estimate of drug-likeness (QED) is 0.631. The van der Waals surface area contributed by atoms with E-state index in [4.69, 9.17) is 4.52 Å². The third-order valence-corrected chi connectivity index (χ3v) is 3.51. The van der Waals surface area contributed by atoms with Crippen LogP contribution in [0, 0.1) is 0 Å². The number of ether oxygens (including phenoxy) is 1. The molecule has 7 heteroatoms. The molecular formula is C18H15F3N2O2. The second-order valence-corrected chi connectivity index (χ2v) is 5.44. The molecule has 0 fully saturated rings. The fraction of sp³-hybridized carbons (Fsp3) is 0.222. The standard InChI is InChI=1S/C18H15F3N2O2/c1-2-3-12-4-6-14(7-5-12)17-22-16(23-25-17)13-8-10-15(11-9-13)24-18(19,20)21/h4-11H,2-3H2,1H3. The van der Waals surface area contributed by atoms with Crippen LogP contribution in [0.1, 0.15) is 18.9 Å². The summed E-state index contributed by atoms with van der Waals surface area (Å²) in [4.78, 5) is 4.29. The Labute approximate surface area is 142 Å². The lowest BCUT2D eigenvalue weighted by Crippen LogP contribution is -2.16. The lowest BCUT2D eigenvalue weighted by molar-refractivity contribution is -0.274. The zero-order chi connectivity index (χ0) is 17.9. The molecule has 0 amide bonds. The zero-order valence-corrected chi connectivity index (χ0v) is 13.4. The van der Waals surface area contributed by atoms with Gasteiger partial charge in [0.25, 0.3) is 5.89 Å². The molecule has 3 aromatic rings. The van der Waals surface area contributed by atoms with Crippen molar-refractivity contribution in [2.45, 2.75) is 26.1 Å². The van der Waals surface area contributed by atoms with Gasteiger partial charge in [0, 0.05) is 11.1 Å². The summed E-state index contributed by atoms with van der Waals surface area (Å²) in [6.45, 7) is 2.11. The maximum atomic E-state index is 12.2. The Morgan fingerprint density at radius 1 is 0.960 bits per heavy atom. The molecule has 25 heavy (non-hydrogen) atoms. The number of aromatic nitrogens is 2. The van der Waals surface area contributed by atoms with E-state index >= 15 is 0 Å². The zero-order valence-electron chi connectivity index (χ0n) is 13.4. The summed E-state index contributed by atoms with van der Waals surface area (Å²) >= 11 is 0. The third kappa shape index (κ3) is 4.37. The van der Waals surface area contributed by atoms with Gasteiger partial charge in [0.1, 0.15) is 5.75 Å². The Balaban J connectivity index is 1.76. The average molecular weight is 348 g/mol. The Bertz CT molecular complexity index is 825. The molecule has 0 spiro atoms. The van der Waals surface area contributed by atoms with Crippen molar-refractivity contribution in [3.63, 3.8) is 0 Å². The molecule has 0 aliphatic rings. The minimum absolute atomic E-state index is 0.297. The molecule has 0 atom stereocenters. The molecule has 1 heterocycles. The van der Waals surface area contributed by atoms with Crippen molar-refractivity contribution in [2.75, 3.05) is 0 Å². The molecule has 130 valence electrons. The Kier molecular flexibility index (Phi) is 4.74. The van der Waals surface area contributed by atoms with E-state index in [0.717, 1.165) is 18.4 Å². The van der Waals surface area contributed by atoms with Crippen LogP contribution < -0.4 is 4.74 Å². The molecule has 0 saturated carbocycles. The van der Waals surface area contributed by atoms with Crippen LogP contribution in [0.2, 0.25) is 0 Å². The van der Waals surface area contributed by atoms with Crippen LogP contribution in [0.3, 0.4) is 0 Å².